The van der Waals surface area contributed by atoms with E-state index in [2.05, 4.69) is 0 Å². The largest absolute Gasteiger partial charge is 0.453 e. The van der Waals surface area contributed by atoms with E-state index in [0.717, 1.165) is 11.8 Å². The molecule has 0 radical (unpaired) electrons. The van der Waals surface area contributed by atoms with Gasteiger partial charge < -0.3 is 4.42 Å². The zero-order valence-corrected chi connectivity index (χ0v) is 11.9. The SMILES string of the molecule is N#CSCC(=O)c1ccc(-c2ccc(Cl)cc2Cl)o1. The molecule has 1 aromatic carbocycles. The Morgan fingerprint density at radius 1 is 1.32 bits per heavy atom. The predicted octanol–water partition coefficient (Wildman–Crippen LogP) is 4.65. The lowest BCUT2D eigenvalue weighted by Gasteiger charge is -2.01. The number of hydrogen-bond donors (Lipinski definition) is 0. The predicted molar refractivity (Wildman–Crippen MR) is 76.6 cm³/mol. The molecule has 1 heterocycles. The number of nitriles is 1. The van der Waals surface area contributed by atoms with Crippen molar-refractivity contribution >= 4 is 40.7 Å². The highest BCUT2D eigenvalue weighted by Crippen LogP contribution is 2.31. The number of benzene rings is 1. The highest BCUT2D eigenvalue weighted by atomic mass is 35.5. The van der Waals surface area contributed by atoms with Gasteiger partial charge in [0.05, 0.1) is 10.8 Å². The zero-order chi connectivity index (χ0) is 13.8. The first-order valence-corrected chi connectivity index (χ1v) is 6.95. The maximum Gasteiger partial charge on any atom is 0.208 e. The van der Waals surface area contributed by atoms with Gasteiger partial charge in [-0.1, -0.05) is 23.2 Å². The quantitative estimate of drug-likeness (QED) is 0.609. The molecular weight excluding hydrogens is 305 g/mol. The fraction of sp³-hybridized carbons (Fsp3) is 0.0769. The molecule has 0 saturated carbocycles. The van der Waals surface area contributed by atoms with E-state index in [1.54, 1.807) is 30.3 Å². The Bertz CT molecular complexity index is 661. The molecule has 0 aliphatic rings. The minimum absolute atomic E-state index is 0.0673. The number of nitrogens with zero attached hydrogens (tertiary/aromatic N) is 1. The van der Waals surface area contributed by atoms with Gasteiger partial charge in [-0.2, -0.15) is 5.26 Å². The van der Waals surface area contributed by atoms with Crippen molar-refractivity contribution in [2.45, 2.75) is 0 Å². The van der Waals surface area contributed by atoms with Crippen molar-refractivity contribution in [3.63, 3.8) is 0 Å². The average molecular weight is 312 g/mol. The summed E-state index contributed by atoms with van der Waals surface area (Å²) in [6.45, 7) is 0. The summed E-state index contributed by atoms with van der Waals surface area (Å²) in [7, 11) is 0. The normalized spacial score (nSPS) is 10.2. The lowest BCUT2D eigenvalue weighted by atomic mass is 10.2. The fourth-order valence-electron chi connectivity index (χ4n) is 1.49. The van der Waals surface area contributed by atoms with Crippen LogP contribution in [0.5, 0.6) is 0 Å². The molecular formula is C13H7Cl2NO2S. The Balaban J connectivity index is 2.26. The topological polar surface area (TPSA) is 54.0 Å². The number of carbonyl (C=O) groups excluding carboxylic acids is 1. The third-order valence-corrected chi connectivity index (χ3v) is 3.43. The second-order valence-corrected chi connectivity index (χ2v) is 5.19. The first-order chi connectivity index (χ1) is 9.11. The number of Topliss-reactive ketones (excluding diaryl/α,β-unsaturated/α-hetero) is 1. The van der Waals surface area contributed by atoms with Crippen LogP contribution in [-0.2, 0) is 0 Å². The lowest BCUT2D eigenvalue weighted by molar-refractivity contribution is 0.0993. The Morgan fingerprint density at radius 2 is 2.11 bits per heavy atom. The van der Waals surface area contributed by atoms with Gasteiger partial charge in [0.1, 0.15) is 11.2 Å². The third-order valence-electron chi connectivity index (χ3n) is 2.35. The van der Waals surface area contributed by atoms with Crippen LogP contribution in [0.15, 0.2) is 34.7 Å². The summed E-state index contributed by atoms with van der Waals surface area (Å²) in [6, 6.07) is 8.26. The van der Waals surface area contributed by atoms with Crippen molar-refractivity contribution in [1.82, 2.24) is 0 Å². The Morgan fingerprint density at radius 3 is 2.79 bits per heavy atom. The molecule has 0 fully saturated rings. The van der Waals surface area contributed by atoms with Crippen LogP contribution in [0.4, 0.5) is 0 Å². The summed E-state index contributed by atoms with van der Waals surface area (Å²) in [6.07, 6.45) is 0. The second kappa shape index (κ2) is 6.16. The van der Waals surface area contributed by atoms with Gasteiger partial charge in [-0.25, -0.2) is 0 Å². The van der Waals surface area contributed by atoms with Crippen molar-refractivity contribution < 1.29 is 9.21 Å². The van der Waals surface area contributed by atoms with Crippen molar-refractivity contribution in [1.29, 1.82) is 5.26 Å². The number of halogens is 2. The van der Waals surface area contributed by atoms with Crippen LogP contribution in [0.3, 0.4) is 0 Å². The number of ketones is 1. The summed E-state index contributed by atoms with van der Waals surface area (Å²) in [4.78, 5) is 11.7. The zero-order valence-electron chi connectivity index (χ0n) is 9.52. The van der Waals surface area contributed by atoms with Gasteiger partial charge in [0.2, 0.25) is 5.78 Å². The molecule has 0 N–H and O–H groups in total. The number of furan rings is 1. The number of thioether (sulfide) groups is 1. The molecule has 0 spiro atoms. The number of thiocyanates is 1. The minimum Gasteiger partial charge on any atom is -0.453 e. The van der Waals surface area contributed by atoms with Gasteiger partial charge in [-0.05, 0) is 42.1 Å². The monoisotopic (exact) mass is 311 g/mol. The molecule has 2 rings (SSSR count). The Kier molecular flexibility index (Phi) is 4.54. The standard InChI is InChI=1S/C13H7Cl2NO2S/c14-8-1-2-9(10(15)5-8)12-3-4-13(18-12)11(17)6-19-7-16/h1-5H,6H2. The summed E-state index contributed by atoms with van der Waals surface area (Å²) >= 11 is 12.7. The van der Waals surface area contributed by atoms with Gasteiger partial charge in [0.15, 0.2) is 5.76 Å². The van der Waals surface area contributed by atoms with Crippen LogP contribution < -0.4 is 0 Å². The van der Waals surface area contributed by atoms with Crippen LogP contribution in [0, 0.1) is 10.7 Å². The van der Waals surface area contributed by atoms with Crippen molar-refractivity contribution in [2.75, 3.05) is 5.75 Å². The third kappa shape index (κ3) is 3.32. The Labute approximate surface area is 124 Å². The highest BCUT2D eigenvalue weighted by Gasteiger charge is 2.14. The first-order valence-electron chi connectivity index (χ1n) is 5.21. The Hall–Kier alpha value is -1.41. The molecule has 0 aliphatic heterocycles. The molecule has 19 heavy (non-hydrogen) atoms. The number of rotatable bonds is 4. The fourth-order valence-corrected chi connectivity index (χ4v) is 2.33. The van der Waals surface area contributed by atoms with Crippen molar-refractivity contribution in [2.24, 2.45) is 0 Å². The van der Waals surface area contributed by atoms with E-state index in [-0.39, 0.29) is 17.3 Å². The van der Waals surface area contributed by atoms with Gasteiger partial charge in [-0.15, -0.1) is 0 Å². The molecule has 2 aromatic rings. The highest BCUT2D eigenvalue weighted by molar-refractivity contribution is 8.04. The maximum absolute atomic E-state index is 11.7. The van der Waals surface area contributed by atoms with Crippen LogP contribution in [0.25, 0.3) is 11.3 Å². The summed E-state index contributed by atoms with van der Waals surface area (Å²) in [5.74, 6) is 0.538. The van der Waals surface area contributed by atoms with Crippen molar-refractivity contribution in [3.8, 4) is 16.7 Å². The van der Waals surface area contributed by atoms with Crippen LogP contribution >= 0.6 is 35.0 Å². The summed E-state index contributed by atoms with van der Waals surface area (Å²) < 4.78 is 5.45. The van der Waals surface area contributed by atoms with E-state index in [1.807, 2.05) is 5.40 Å². The van der Waals surface area contributed by atoms with Crippen LogP contribution in [0.2, 0.25) is 10.0 Å². The minimum atomic E-state index is -0.233. The molecule has 0 amide bonds. The van der Waals surface area contributed by atoms with E-state index in [4.69, 9.17) is 32.9 Å². The number of carbonyl (C=O) groups is 1. The van der Waals surface area contributed by atoms with Gasteiger partial charge in [0.25, 0.3) is 0 Å². The summed E-state index contributed by atoms with van der Waals surface area (Å²) in [5, 5.41) is 11.2. The van der Waals surface area contributed by atoms with Gasteiger partial charge >= 0.3 is 0 Å². The number of hydrogen-bond acceptors (Lipinski definition) is 4. The molecule has 3 nitrogen and oxygen atoms in total. The van der Waals surface area contributed by atoms with Gasteiger partial charge in [0, 0.05) is 10.6 Å². The second-order valence-electron chi connectivity index (χ2n) is 3.59. The maximum atomic E-state index is 11.7. The van der Waals surface area contributed by atoms with Gasteiger partial charge in [-0.3, -0.25) is 4.79 Å². The average Bonchev–Trinajstić information content (AvgIpc) is 2.85. The summed E-state index contributed by atoms with van der Waals surface area (Å²) in [5.41, 5.74) is 0.665. The molecule has 0 unspecified atom stereocenters. The smallest absolute Gasteiger partial charge is 0.208 e. The van der Waals surface area contributed by atoms with E-state index >= 15 is 0 Å². The van der Waals surface area contributed by atoms with Crippen LogP contribution in [-0.4, -0.2) is 11.5 Å². The molecule has 1 aromatic heterocycles. The van der Waals surface area contributed by atoms with Crippen LogP contribution in [0.1, 0.15) is 10.6 Å². The van der Waals surface area contributed by atoms with E-state index in [9.17, 15) is 4.79 Å². The van der Waals surface area contributed by atoms with E-state index < -0.39 is 0 Å². The molecule has 0 bridgehead atoms. The van der Waals surface area contributed by atoms with E-state index in [0.29, 0.717) is 21.4 Å². The molecule has 96 valence electrons. The van der Waals surface area contributed by atoms with Crippen molar-refractivity contribution in [3.05, 3.63) is 46.1 Å². The lowest BCUT2D eigenvalue weighted by Crippen LogP contribution is -1.99. The molecule has 0 saturated heterocycles. The molecule has 0 aliphatic carbocycles. The first kappa shape index (κ1) is 14.0. The van der Waals surface area contributed by atoms with E-state index in [1.165, 1.54) is 0 Å². The molecule has 6 heteroatoms. The molecule has 0 atom stereocenters.